The lowest BCUT2D eigenvalue weighted by molar-refractivity contribution is 0.765. The normalized spacial score (nSPS) is 21.1. The van der Waals surface area contributed by atoms with Crippen LogP contribution in [0.5, 0.6) is 0 Å². The van der Waals surface area contributed by atoms with Gasteiger partial charge >= 0.3 is 0 Å². The average molecular weight is 319 g/mol. The van der Waals surface area contributed by atoms with Crippen molar-refractivity contribution in [3.05, 3.63) is 35.0 Å². The Bertz CT molecular complexity index is 676. The van der Waals surface area contributed by atoms with Crippen LogP contribution in [0.25, 0.3) is 10.9 Å². The van der Waals surface area contributed by atoms with Gasteiger partial charge in [0.2, 0.25) is 0 Å². The summed E-state index contributed by atoms with van der Waals surface area (Å²) in [6.45, 7) is 6.00. The molecule has 2 aromatic rings. The van der Waals surface area contributed by atoms with Crippen LogP contribution in [0.1, 0.15) is 25.8 Å². The van der Waals surface area contributed by atoms with Crippen LogP contribution in [0.2, 0.25) is 5.02 Å². The standard InChI is InChI=1S/C17H23ClN4/c1-3-19-17(22-16-8-11(16)2)20-7-6-12-10-21-15-5-4-13(18)9-14(12)15/h4-5,9-11,16,21H,3,6-8H2,1-2H3,(H2,19,20,22). The Morgan fingerprint density at radius 1 is 1.45 bits per heavy atom. The Balaban J connectivity index is 1.64. The molecule has 0 aliphatic heterocycles. The van der Waals surface area contributed by atoms with Gasteiger partial charge in [-0.2, -0.15) is 0 Å². The number of rotatable bonds is 5. The molecular weight excluding hydrogens is 296 g/mol. The molecule has 1 saturated carbocycles. The predicted molar refractivity (Wildman–Crippen MR) is 93.7 cm³/mol. The molecule has 1 aromatic heterocycles. The number of nitrogens with one attached hydrogen (secondary N) is 3. The third-order valence-electron chi connectivity index (χ3n) is 4.16. The molecule has 1 fully saturated rings. The number of hydrogen-bond acceptors (Lipinski definition) is 1. The molecule has 0 saturated heterocycles. The molecule has 4 nitrogen and oxygen atoms in total. The van der Waals surface area contributed by atoms with Crippen LogP contribution in [0.3, 0.4) is 0 Å². The quantitative estimate of drug-likeness (QED) is 0.585. The lowest BCUT2D eigenvalue weighted by atomic mass is 10.1. The minimum atomic E-state index is 0.588. The maximum atomic E-state index is 6.09. The van der Waals surface area contributed by atoms with Gasteiger partial charge < -0.3 is 15.6 Å². The van der Waals surface area contributed by atoms with Gasteiger partial charge in [-0.15, -0.1) is 0 Å². The molecule has 1 aliphatic rings. The van der Waals surface area contributed by atoms with E-state index in [1.807, 2.05) is 18.2 Å². The van der Waals surface area contributed by atoms with Crippen molar-refractivity contribution >= 4 is 28.5 Å². The van der Waals surface area contributed by atoms with E-state index in [0.29, 0.717) is 6.04 Å². The minimum absolute atomic E-state index is 0.588. The molecule has 3 rings (SSSR count). The molecule has 0 radical (unpaired) electrons. The summed E-state index contributed by atoms with van der Waals surface area (Å²) in [6.07, 6.45) is 4.20. The summed E-state index contributed by atoms with van der Waals surface area (Å²) in [4.78, 5) is 7.97. The number of guanidine groups is 1. The zero-order valence-corrected chi connectivity index (χ0v) is 13.9. The summed E-state index contributed by atoms with van der Waals surface area (Å²) >= 11 is 6.09. The number of aromatic amines is 1. The summed E-state index contributed by atoms with van der Waals surface area (Å²) in [5.41, 5.74) is 2.39. The van der Waals surface area contributed by atoms with Gasteiger partial charge in [0.25, 0.3) is 0 Å². The number of aromatic nitrogens is 1. The fraction of sp³-hybridized carbons (Fsp3) is 0.471. The molecule has 1 aromatic carbocycles. The number of H-pyrrole nitrogens is 1. The van der Waals surface area contributed by atoms with Gasteiger partial charge in [-0.25, -0.2) is 0 Å². The first-order valence-corrected chi connectivity index (χ1v) is 8.35. The second kappa shape index (κ2) is 6.61. The van der Waals surface area contributed by atoms with E-state index in [0.717, 1.165) is 41.9 Å². The largest absolute Gasteiger partial charge is 0.361 e. The van der Waals surface area contributed by atoms with Gasteiger partial charge in [0.1, 0.15) is 0 Å². The van der Waals surface area contributed by atoms with Crippen molar-refractivity contribution in [2.75, 3.05) is 13.1 Å². The van der Waals surface area contributed by atoms with E-state index in [1.165, 1.54) is 17.4 Å². The van der Waals surface area contributed by atoms with Crippen LogP contribution in [0.15, 0.2) is 29.4 Å². The topological polar surface area (TPSA) is 52.2 Å². The lowest BCUT2D eigenvalue weighted by Gasteiger charge is -2.10. The van der Waals surface area contributed by atoms with Crippen LogP contribution >= 0.6 is 11.6 Å². The van der Waals surface area contributed by atoms with Crippen LogP contribution < -0.4 is 10.6 Å². The Kier molecular flexibility index (Phi) is 4.57. The molecule has 22 heavy (non-hydrogen) atoms. The van der Waals surface area contributed by atoms with Gasteiger partial charge in [-0.05, 0) is 49.4 Å². The molecule has 1 aliphatic carbocycles. The number of benzene rings is 1. The van der Waals surface area contributed by atoms with Crippen LogP contribution in [0.4, 0.5) is 0 Å². The molecule has 5 heteroatoms. The van der Waals surface area contributed by atoms with E-state index >= 15 is 0 Å². The number of halogens is 1. The number of fused-ring (bicyclic) bond motifs is 1. The Hall–Kier alpha value is -1.68. The highest BCUT2D eigenvalue weighted by molar-refractivity contribution is 6.31. The van der Waals surface area contributed by atoms with Gasteiger partial charge in [0, 0.05) is 41.3 Å². The zero-order valence-electron chi connectivity index (χ0n) is 13.1. The van der Waals surface area contributed by atoms with Gasteiger partial charge in [-0.3, -0.25) is 4.99 Å². The van der Waals surface area contributed by atoms with Crippen molar-refractivity contribution < 1.29 is 0 Å². The van der Waals surface area contributed by atoms with Crippen molar-refractivity contribution in [1.82, 2.24) is 15.6 Å². The van der Waals surface area contributed by atoms with Crippen molar-refractivity contribution in [2.45, 2.75) is 32.7 Å². The number of nitrogens with zero attached hydrogens (tertiary/aromatic N) is 1. The summed E-state index contributed by atoms with van der Waals surface area (Å²) in [7, 11) is 0. The fourth-order valence-electron chi connectivity index (χ4n) is 2.66. The highest BCUT2D eigenvalue weighted by atomic mass is 35.5. The first kappa shape index (κ1) is 15.2. The number of aliphatic imine (C=N–C) groups is 1. The molecule has 0 bridgehead atoms. The highest BCUT2D eigenvalue weighted by Gasteiger charge is 2.33. The number of hydrogen-bond donors (Lipinski definition) is 3. The lowest BCUT2D eigenvalue weighted by Crippen LogP contribution is -2.39. The fourth-order valence-corrected chi connectivity index (χ4v) is 2.84. The van der Waals surface area contributed by atoms with Crippen LogP contribution in [-0.4, -0.2) is 30.1 Å². The van der Waals surface area contributed by atoms with Crippen LogP contribution in [0, 0.1) is 5.92 Å². The maximum absolute atomic E-state index is 6.09. The maximum Gasteiger partial charge on any atom is 0.191 e. The first-order chi connectivity index (χ1) is 10.7. The second-order valence-corrected chi connectivity index (χ2v) is 6.41. The molecule has 2 atom stereocenters. The summed E-state index contributed by atoms with van der Waals surface area (Å²) in [5, 5.41) is 8.75. The SMILES string of the molecule is CCNC(=NCCc1c[nH]c2ccc(Cl)cc12)NC1CC1C. The van der Waals surface area contributed by atoms with E-state index in [4.69, 9.17) is 11.6 Å². The summed E-state index contributed by atoms with van der Waals surface area (Å²) in [6, 6.07) is 6.53. The van der Waals surface area contributed by atoms with E-state index in [2.05, 4.69) is 40.7 Å². The third kappa shape index (κ3) is 3.55. The van der Waals surface area contributed by atoms with Crippen molar-refractivity contribution in [1.29, 1.82) is 0 Å². The van der Waals surface area contributed by atoms with E-state index in [1.54, 1.807) is 0 Å². The summed E-state index contributed by atoms with van der Waals surface area (Å²) < 4.78 is 0. The Morgan fingerprint density at radius 2 is 2.27 bits per heavy atom. The zero-order chi connectivity index (χ0) is 15.5. The minimum Gasteiger partial charge on any atom is -0.361 e. The Labute approximate surface area is 136 Å². The van der Waals surface area contributed by atoms with Crippen molar-refractivity contribution in [3.8, 4) is 0 Å². The monoisotopic (exact) mass is 318 g/mol. The van der Waals surface area contributed by atoms with Gasteiger partial charge in [0.15, 0.2) is 5.96 Å². The van der Waals surface area contributed by atoms with Gasteiger partial charge in [0.05, 0.1) is 0 Å². The highest BCUT2D eigenvalue weighted by Crippen LogP contribution is 2.28. The molecule has 3 N–H and O–H groups in total. The average Bonchev–Trinajstić information content (AvgIpc) is 3.04. The molecule has 1 heterocycles. The van der Waals surface area contributed by atoms with Crippen molar-refractivity contribution in [3.63, 3.8) is 0 Å². The van der Waals surface area contributed by atoms with E-state index < -0.39 is 0 Å². The van der Waals surface area contributed by atoms with Crippen molar-refractivity contribution in [2.24, 2.45) is 10.9 Å². The Morgan fingerprint density at radius 3 is 3.00 bits per heavy atom. The van der Waals surface area contributed by atoms with Crippen LogP contribution in [-0.2, 0) is 6.42 Å². The summed E-state index contributed by atoms with van der Waals surface area (Å²) in [5.74, 6) is 1.69. The third-order valence-corrected chi connectivity index (χ3v) is 4.39. The molecule has 118 valence electrons. The first-order valence-electron chi connectivity index (χ1n) is 7.97. The molecule has 0 spiro atoms. The molecule has 0 amide bonds. The smallest absolute Gasteiger partial charge is 0.191 e. The van der Waals surface area contributed by atoms with E-state index in [-0.39, 0.29) is 0 Å². The second-order valence-electron chi connectivity index (χ2n) is 5.98. The van der Waals surface area contributed by atoms with Gasteiger partial charge in [-0.1, -0.05) is 18.5 Å². The van der Waals surface area contributed by atoms with E-state index in [9.17, 15) is 0 Å². The molecular formula is C17H23ClN4. The molecule has 2 unspecified atom stereocenters. The predicted octanol–water partition coefficient (Wildman–Crippen LogP) is 3.33.